The molecule has 5 atom stereocenters. The summed E-state index contributed by atoms with van der Waals surface area (Å²) >= 11 is 0. The van der Waals surface area contributed by atoms with Crippen molar-refractivity contribution < 1.29 is 24.2 Å². The number of hydrogen-bond acceptors (Lipinski definition) is 3. The van der Waals surface area contributed by atoms with Crippen LogP contribution >= 0.6 is 0 Å². The van der Waals surface area contributed by atoms with Gasteiger partial charge in [-0.05, 0) is 38.0 Å². The van der Waals surface area contributed by atoms with Crippen molar-refractivity contribution in [1.82, 2.24) is 0 Å². The van der Waals surface area contributed by atoms with Crippen LogP contribution in [0.15, 0.2) is 24.3 Å². The normalized spacial score (nSPS) is 24.4. The number of carbonyl (C=O) groups is 2. The highest BCUT2D eigenvalue weighted by atomic mass is 19.1. The fourth-order valence-corrected chi connectivity index (χ4v) is 3.25. The van der Waals surface area contributed by atoms with E-state index in [1.54, 1.807) is 13.0 Å². The van der Waals surface area contributed by atoms with E-state index in [1.807, 2.05) is 19.1 Å². The van der Waals surface area contributed by atoms with Crippen molar-refractivity contribution in [2.24, 2.45) is 17.8 Å². The van der Waals surface area contributed by atoms with Gasteiger partial charge in [0.05, 0.1) is 5.92 Å². The highest BCUT2D eigenvalue weighted by Gasteiger charge is 2.32. The number of carboxylic acid groups (broad SMARTS) is 1. The van der Waals surface area contributed by atoms with Gasteiger partial charge in [0, 0.05) is 12.3 Å². The molecule has 148 valence electrons. The smallest absolute Gasteiger partial charge is 0.306 e. The van der Waals surface area contributed by atoms with Gasteiger partial charge in [-0.15, -0.1) is 0 Å². The molecule has 0 amide bonds. The number of ketones is 1. The van der Waals surface area contributed by atoms with E-state index >= 15 is 0 Å². The Bertz CT molecular complexity index is 500. The van der Waals surface area contributed by atoms with E-state index < -0.39 is 18.2 Å². The number of halogens is 1. The average Bonchev–Trinajstić information content (AvgIpc) is 2.96. The zero-order valence-electron chi connectivity index (χ0n) is 15.9. The summed E-state index contributed by atoms with van der Waals surface area (Å²) in [5.41, 5.74) is 0. The molecule has 1 aliphatic carbocycles. The zero-order chi connectivity index (χ0) is 19.5. The van der Waals surface area contributed by atoms with Crippen molar-refractivity contribution in [2.45, 2.75) is 77.5 Å². The second kappa shape index (κ2) is 12.0. The lowest BCUT2D eigenvalue weighted by Crippen LogP contribution is -2.20. The molecule has 0 aromatic rings. The van der Waals surface area contributed by atoms with Gasteiger partial charge < -0.3 is 10.2 Å². The van der Waals surface area contributed by atoms with Gasteiger partial charge in [-0.3, -0.25) is 9.59 Å². The summed E-state index contributed by atoms with van der Waals surface area (Å²) in [6.07, 6.45) is 9.96. The number of carboxylic acids is 1. The molecule has 26 heavy (non-hydrogen) atoms. The Balaban J connectivity index is 2.47. The van der Waals surface area contributed by atoms with Gasteiger partial charge in [0.25, 0.3) is 0 Å². The minimum atomic E-state index is -1.25. The van der Waals surface area contributed by atoms with E-state index in [9.17, 15) is 19.1 Å². The predicted molar refractivity (Wildman–Crippen MR) is 101 cm³/mol. The minimum Gasteiger partial charge on any atom is -0.481 e. The lowest BCUT2D eigenvalue weighted by atomic mass is 9.91. The van der Waals surface area contributed by atoms with Gasteiger partial charge >= 0.3 is 5.97 Å². The molecule has 0 aromatic carbocycles. The van der Waals surface area contributed by atoms with Crippen LogP contribution in [0, 0.1) is 17.8 Å². The van der Waals surface area contributed by atoms with E-state index in [2.05, 4.69) is 0 Å². The highest BCUT2D eigenvalue weighted by molar-refractivity contribution is 5.83. The van der Waals surface area contributed by atoms with Crippen molar-refractivity contribution in [1.29, 1.82) is 0 Å². The van der Waals surface area contributed by atoms with Crippen LogP contribution in [-0.4, -0.2) is 34.2 Å². The topological polar surface area (TPSA) is 74.6 Å². The number of hydrogen-bond donors (Lipinski definition) is 2. The van der Waals surface area contributed by atoms with Gasteiger partial charge in [0.15, 0.2) is 0 Å². The van der Waals surface area contributed by atoms with E-state index in [-0.39, 0.29) is 23.5 Å². The van der Waals surface area contributed by atoms with Crippen LogP contribution in [-0.2, 0) is 9.59 Å². The SMILES string of the molecule is CCCC[C@@H](F)[C@H](O)/C=C/[C@H]1CCC(=O)[C@@H]1C/C=C\CCC(C)C(=O)O. The van der Waals surface area contributed by atoms with E-state index in [0.717, 1.165) is 19.3 Å². The van der Waals surface area contributed by atoms with Gasteiger partial charge in [0.2, 0.25) is 0 Å². The molecular formula is C21H33FO4. The molecule has 0 aliphatic heterocycles. The van der Waals surface area contributed by atoms with E-state index in [4.69, 9.17) is 5.11 Å². The molecule has 1 unspecified atom stereocenters. The summed E-state index contributed by atoms with van der Waals surface area (Å²) in [5.74, 6) is -1.04. The minimum absolute atomic E-state index is 0.0399. The molecule has 0 heterocycles. The van der Waals surface area contributed by atoms with E-state index in [1.165, 1.54) is 6.08 Å². The van der Waals surface area contributed by atoms with Gasteiger partial charge in [-0.2, -0.15) is 0 Å². The number of aliphatic hydroxyl groups is 1. The Hall–Kier alpha value is -1.49. The first-order chi connectivity index (χ1) is 12.4. The summed E-state index contributed by atoms with van der Waals surface area (Å²) < 4.78 is 13.8. The summed E-state index contributed by atoms with van der Waals surface area (Å²) in [5, 5.41) is 18.7. The van der Waals surface area contributed by atoms with Crippen LogP contribution in [0.5, 0.6) is 0 Å². The third-order valence-electron chi connectivity index (χ3n) is 5.16. The predicted octanol–water partition coefficient (Wildman–Crippen LogP) is 4.47. The molecule has 4 nitrogen and oxygen atoms in total. The van der Waals surface area contributed by atoms with E-state index in [0.29, 0.717) is 32.1 Å². The maximum Gasteiger partial charge on any atom is 0.306 e. The molecule has 5 heteroatoms. The molecule has 1 aliphatic rings. The van der Waals surface area contributed by atoms with Crippen molar-refractivity contribution >= 4 is 11.8 Å². The number of aliphatic hydroxyl groups excluding tert-OH is 1. The first-order valence-electron chi connectivity index (χ1n) is 9.77. The summed E-state index contributed by atoms with van der Waals surface area (Å²) in [7, 11) is 0. The molecule has 0 saturated heterocycles. The fraction of sp³-hybridized carbons (Fsp3) is 0.714. The third-order valence-corrected chi connectivity index (χ3v) is 5.16. The molecule has 2 N–H and O–H groups in total. The van der Waals surface area contributed by atoms with Gasteiger partial charge in [-0.25, -0.2) is 4.39 Å². The number of aliphatic carboxylic acids is 1. The van der Waals surface area contributed by atoms with Crippen LogP contribution in [0.2, 0.25) is 0 Å². The third kappa shape index (κ3) is 7.81. The molecule has 1 fully saturated rings. The number of allylic oxidation sites excluding steroid dienone is 3. The molecule has 0 bridgehead atoms. The molecule has 1 rings (SSSR count). The number of alkyl halides is 1. The molecule has 0 radical (unpaired) electrons. The molecule has 1 saturated carbocycles. The zero-order valence-corrected chi connectivity index (χ0v) is 15.9. The summed E-state index contributed by atoms with van der Waals surface area (Å²) in [6.45, 7) is 3.67. The summed E-state index contributed by atoms with van der Waals surface area (Å²) in [4.78, 5) is 22.9. The second-order valence-corrected chi connectivity index (χ2v) is 7.33. The van der Waals surface area contributed by atoms with Crippen LogP contribution in [0.4, 0.5) is 4.39 Å². The van der Waals surface area contributed by atoms with Crippen molar-refractivity contribution in [3.05, 3.63) is 24.3 Å². The molecular weight excluding hydrogens is 335 g/mol. The highest BCUT2D eigenvalue weighted by Crippen LogP contribution is 2.33. The molecule has 0 spiro atoms. The van der Waals surface area contributed by atoms with Crippen LogP contribution in [0.3, 0.4) is 0 Å². The number of Topliss-reactive ketones (excluding diaryl/α,β-unsaturated/α-hetero) is 1. The van der Waals surface area contributed by atoms with Crippen molar-refractivity contribution in [3.63, 3.8) is 0 Å². The largest absolute Gasteiger partial charge is 0.481 e. The van der Waals surface area contributed by atoms with Crippen LogP contribution in [0.1, 0.15) is 65.2 Å². The Labute approximate surface area is 156 Å². The Morgan fingerprint density at radius 3 is 2.73 bits per heavy atom. The lowest BCUT2D eigenvalue weighted by Gasteiger charge is -2.15. The van der Waals surface area contributed by atoms with Crippen LogP contribution in [0.25, 0.3) is 0 Å². The standard InChI is InChI=1S/C21H33FO4/c1-3-4-10-18(22)20(24)14-12-16-11-13-19(23)17(16)9-7-5-6-8-15(2)21(25)26/h5,7,12,14-18,20,24H,3-4,6,8-11,13H2,1-2H3,(H,25,26)/b7-5-,14-12+/t15?,16-,17-,18-,20-/m1/s1. The average molecular weight is 368 g/mol. The monoisotopic (exact) mass is 368 g/mol. The first-order valence-corrected chi connectivity index (χ1v) is 9.77. The fourth-order valence-electron chi connectivity index (χ4n) is 3.25. The lowest BCUT2D eigenvalue weighted by molar-refractivity contribution is -0.141. The number of rotatable bonds is 12. The summed E-state index contributed by atoms with van der Waals surface area (Å²) in [6, 6.07) is 0. The Morgan fingerprint density at radius 1 is 1.35 bits per heavy atom. The Morgan fingerprint density at radius 2 is 2.08 bits per heavy atom. The van der Waals surface area contributed by atoms with Gasteiger partial charge in [0.1, 0.15) is 18.1 Å². The van der Waals surface area contributed by atoms with Gasteiger partial charge in [-0.1, -0.05) is 51.0 Å². The maximum atomic E-state index is 13.8. The number of carbonyl (C=O) groups excluding carboxylic acids is 1. The van der Waals surface area contributed by atoms with Crippen molar-refractivity contribution in [2.75, 3.05) is 0 Å². The quantitative estimate of drug-likeness (QED) is 0.498. The van der Waals surface area contributed by atoms with Crippen molar-refractivity contribution in [3.8, 4) is 0 Å². The first kappa shape index (κ1) is 22.6. The molecule has 0 aromatic heterocycles. The maximum absolute atomic E-state index is 13.8. The number of unbranched alkanes of at least 4 members (excludes halogenated alkanes) is 1. The second-order valence-electron chi connectivity index (χ2n) is 7.33. The van der Waals surface area contributed by atoms with Crippen LogP contribution < -0.4 is 0 Å². The Kier molecular flexibility index (Phi) is 10.4.